The van der Waals surface area contributed by atoms with Crippen LogP contribution >= 0.6 is 0 Å². The van der Waals surface area contributed by atoms with E-state index in [0.717, 1.165) is 25.8 Å². The number of nitrogens with two attached hydrogens (primary N) is 2. The molecule has 0 fully saturated rings. The minimum Gasteiger partial charge on any atom is -0.368 e. The molecule has 4 heteroatoms. The Balaban J connectivity index is 3.88. The van der Waals surface area contributed by atoms with Gasteiger partial charge in [0.15, 0.2) is 0 Å². The minimum absolute atomic E-state index is 0.128. The Morgan fingerprint density at radius 3 is 2.46 bits per heavy atom. The van der Waals surface area contributed by atoms with Crippen molar-refractivity contribution in [3.8, 4) is 0 Å². The Bertz CT molecular complexity index is 150. The number of hydrogen-bond donors (Lipinski definition) is 2. The van der Waals surface area contributed by atoms with Crippen molar-refractivity contribution in [3.63, 3.8) is 0 Å². The van der Waals surface area contributed by atoms with Crippen molar-refractivity contribution in [1.29, 1.82) is 0 Å². The first-order chi connectivity index (χ1) is 6.13. The molecule has 0 saturated heterocycles. The highest BCUT2D eigenvalue weighted by Gasteiger charge is 2.18. The molecule has 0 spiro atoms. The largest absolute Gasteiger partial charge is 0.368 e. The van der Waals surface area contributed by atoms with Gasteiger partial charge in [-0.05, 0) is 33.0 Å². The predicted molar refractivity (Wildman–Crippen MR) is 54.2 cm³/mol. The van der Waals surface area contributed by atoms with E-state index < -0.39 is 0 Å². The molecule has 0 aromatic heterocycles. The topological polar surface area (TPSA) is 72.3 Å². The van der Waals surface area contributed by atoms with Crippen molar-refractivity contribution in [3.05, 3.63) is 0 Å². The third-order valence-electron chi connectivity index (χ3n) is 2.29. The normalized spacial score (nSPS) is 13.2. The van der Waals surface area contributed by atoms with Gasteiger partial charge < -0.3 is 11.5 Å². The highest BCUT2D eigenvalue weighted by Crippen LogP contribution is 2.05. The summed E-state index contributed by atoms with van der Waals surface area (Å²) in [7, 11) is 1.91. The van der Waals surface area contributed by atoms with Gasteiger partial charge in [0.1, 0.15) is 0 Å². The van der Waals surface area contributed by atoms with E-state index in [-0.39, 0.29) is 11.9 Å². The zero-order valence-electron chi connectivity index (χ0n) is 8.62. The lowest BCUT2D eigenvalue weighted by Gasteiger charge is -2.23. The van der Waals surface area contributed by atoms with E-state index in [9.17, 15) is 4.79 Å². The Morgan fingerprint density at radius 2 is 2.08 bits per heavy atom. The summed E-state index contributed by atoms with van der Waals surface area (Å²) in [6.45, 7) is 3.54. The molecule has 0 heterocycles. The van der Waals surface area contributed by atoms with Crippen molar-refractivity contribution in [2.24, 2.45) is 11.5 Å². The summed E-state index contributed by atoms with van der Waals surface area (Å²) in [6.07, 6.45) is 2.74. The summed E-state index contributed by atoms with van der Waals surface area (Å²) in [4.78, 5) is 13.0. The van der Waals surface area contributed by atoms with Crippen molar-refractivity contribution in [2.45, 2.75) is 32.2 Å². The maximum absolute atomic E-state index is 11.0. The average Bonchev–Trinajstić information content (AvgIpc) is 2.11. The van der Waals surface area contributed by atoms with Crippen LogP contribution in [0.4, 0.5) is 0 Å². The molecule has 0 aliphatic heterocycles. The molecule has 13 heavy (non-hydrogen) atoms. The smallest absolute Gasteiger partial charge is 0.234 e. The van der Waals surface area contributed by atoms with E-state index in [2.05, 4.69) is 0 Å². The SMILES string of the molecule is CCN(C)[C@@H](CCCCN)C(N)=O. The number of hydrogen-bond acceptors (Lipinski definition) is 3. The van der Waals surface area contributed by atoms with Crippen LogP contribution < -0.4 is 11.5 Å². The summed E-state index contributed by atoms with van der Waals surface area (Å²) in [5, 5.41) is 0. The first kappa shape index (κ1) is 12.4. The fraction of sp³-hybridized carbons (Fsp3) is 0.889. The molecule has 0 rings (SSSR count). The Hall–Kier alpha value is -0.610. The number of rotatable bonds is 7. The Kier molecular flexibility index (Phi) is 6.54. The highest BCUT2D eigenvalue weighted by molar-refractivity contribution is 5.79. The second kappa shape index (κ2) is 6.86. The zero-order chi connectivity index (χ0) is 10.3. The molecular weight excluding hydrogens is 166 g/mol. The number of carbonyl (C=O) groups is 1. The highest BCUT2D eigenvalue weighted by atomic mass is 16.1. The lowest BCUT2D eigenvalue weighted by atomic mass is 10.1. The van der Waals surface area contributed by atoms with Crippen molar-refractivity contribution < 1.29 is 4.79 Å². The maximum atomic E-state index is 11.0. The summed E-state index contributed by atoms with van der Waals surface area (Å²) in [5.41, 5.74) is 10.7. The van der Waals surface area contributed by atoms with Crippen LogP contribution in [0.25, 0.3) is 0 Å². The fourth-order valence-electron chi connectivity index (χ4n) is 1.28. The van der Waals surface area contributed by atoms with Gasteiger partial charge in [0, 0.05) is 0 Å². The summed E-state index contributed by atoms with van der Waals surface area (Å²) >= 11 is 0. The van der Waals surface area contributed by atoms with Crippen LogP contribution in [0.5, 0.6) is 0 Å². The van der Waals surface area contributed by atoms with E-state index in [1.54, 1.807) is 0 Å². The molecule has 1 atom stereocenters. The van der Waals surface area contributed by atoms with Gasteiger partial charge in [-0.15, -0.1) is 0 Å². The van der Waals surface area contributed by atoms with Gasteiger partial charge in [0.05, 0.1) is 6.04 Å². The second-order valence-electron chi connectivity index (χ2n) is 3.28. The number of primary amides is 1. The summed E-state index contributed by atoms with van der Waals surface area (Å²) in [5.74, 6) is -0.235. The molecule has 0 aromatic rings. The standard InChI is InChI=1S/C9H21N3O/c1-3-12(2)8(9(11)13)6-4-5-7-10/h8H,3-7,10H2,1-2H3,(H2,11,13)/t8-/m0/s1. The number of amides is 1. The first-order valence-corrected chi connectivity index (χ1v) is 4.83. The van der Waals surface area contributed by atoms with Crippen LogP contribution in [0.15, 0.2) is 0 Å². The Labute approximate surface area is 80.3 Å². The Morgan fingerprint density at radius 1 is 1.46 bits per heavy atom. The van der Waals surface area contributed by atoms with Gasteiger partial charge in [0.2, 0.25) is 5.91 Å². The van der Waals surface area contributed by atoms with E-state index in [4.69, 9.17) is 11.5 Å². The van der Waals surface area contributed by atoms with Crippen LogP contribution in [-0.2, 0) is 4.79 Å². The molecule has 0 bridgehead atoms. The third-order valence-corrected chi connectivity index (χ3v) is 2.29. The number of nitrogens with zero attached hydrogens (tertiary/aromatic N) is 1. The quantitative estimate of drug-likeness (QED) is 0.548. The van der Waals surface area contributed by atoms with Gasteiger partial charge >= 0.3 is 0 Å². The fourth-order valence-corrected chi connectivity index (χ4v) is 1.28. The minimum atomic E-state index is -0.235. The summed E-state index contributed by atoms with van der Waals surface area (Å²) < 4.78 is 0. The third kappa shape index (κ3) is 4.85. The molecule has 78 valence electrons. The average molecular weight is 187 g/mol. The van der Waals surface area contributed by atoms with Gasteiger partial charge in [-0.1, -0.05) is 13.3 Å². The molecule has 0 saturated carbocycles. The van der Waals surface area contributed by atoms with Crippen molar-refractivity contribution in [1.82, 2.24) is 4.90 Å². The van der Waals surface area contributed by atoms with Crippen LogP contribution in [0.3, 0.4) is 0 Å². The monoisotopic (exact) mass is 187 g/mol. The van der Waals surface area contributed by atoms with Gasteiger partial charge in [-0.25, -0.2) is 0 Å². The van der Waals surface area contributed by atoms with E-state index in [1.165, 1.54) is 0 Å². The zero-order valence-corrected chi connectivity index (χ0v) is 8.62. The van der Waals surface area contributed by atoms with Crippen LogP contribution in [0.2, 0.25) is 0 Å². The van der Waals surface area contributed by atoms with Crippen molar-refractivity contribution in [2.75, 3.05) is 20.1 Å². The molecule has 0 radical (unpaired) electrons. The van der Waals surface area contributed by atoms with Crippen LogP contribution in [0, 0.1) is 0 Å². The van der Waals surface area contributed by atoms with Gasteiger partial charge in [-0.2, -0.15) is 0 Å². The number of likely N-dealkylation sites (N-methyl/N-ethyl adjacent to an activating group) is 1. The first-order valence-electron chi connectivity index (χ1n) is 4.83. The van der Waals surface area contributed by atoms with E-state index in [1.807, 2.05) is 18.9 Å². The predicted octanol–water partition coefficient (Wildman–Crippen LogP) is -0.0790. The van der Waals surface area contributed by atoms with Crippen LogP contribution in [0.1, 0.15) is 26.2 Å². The molecule has 0 unspecified atom stereocenters. The van der Waals surface area contributed by atoms with E-state index >= 15 is 0 Å². The summed E-state index contributed by atoms with van der Waals surface area (Å²) in [6, 6.07) is -0.128. The lowest BCUT2D eigenvalue weighted by molar-refractivity contribution is -0.123. The number of carbonyl (C=O) groups excluding carboxylic acids is 1. The molecule has 0 aromatic carbocycles. The van der Waals surface area contributed by atoms with Crippen molar-refractivity contribution >= 4 is 5.91 Å². The molecule has 0 aliphatic carbocycles. The maximum Gasteiger partial charge on any atom is 0.234 e. The van der Waals surface area contributed by atoms with E-state index in [0.29, 0.717) is 6.54 Å². The molecular formula is C9H21N3O. The van der Waals surface area contributed by atoms with Crippen LogP contribution in [-0.4, -0.2) is 37.0 Å². The molecule has 1 amide bonds. The van der Waals surface area contributed by atoms with Gasteiger partial charge in [0.25, 0.3) is 0 Å². The number of unbranched alkanes of at least 4 members (excludes halogenated alkanes) is 1. The van der Waals surface area contributed by atoms with Gasteiger partial charge in [-0.3, -0.25) is 9.69 Å². The molecule has 4 N–H and O–H groups in total. The second-order valence-corrected chi connectivity index (χ2v) is 3.28. The molecule has 4 nitrogen and oxygen atoms in total. The lowest BCUT2D eigenvalue weighted by Crippen LogP contribution is -2.42. The molecule has 0 aliphatic rings.